The number of rotatable bonds is 11. The summed E-state index contributed by atoms with van der Waals surface area (Å²) in [4.78, 5) is 25.1. The van der Waals surface area contributed by atoms with Crippen LogP contribution in [0.4, 0.5) is 15.8 Å². The van der Waals surface area contributed by atoms with Crippen molar-refractivity contribution in [3.63, 3.8) is 0 Å². The van der Waals surface area contributed by atoms with Crippen LogP contribution in [0.25, 0.3) is 10.9 Å². The summed E-state index contributed by atoms with van der Waals surface area (Å²) < 4.78 is 34.2. The van der Waals surface area contributed by atoms with Gasteiger partial charge in [0.2, 0.25) is 5.43 Å². The predicted molar refractivity (Wildman–Crippen MR) is 145 cm³/mol. The van der Waals surface area contributed by atoms with Gasteiger partial charge in [-0.1, -0.05) is 26.3 Å². The number of ether oxygens (including phenoxy) is 3. The maximum atomic E-state index is 15.6. The minimum Gasteiger partial charge on any atom is -0.493 e. The fraction of sp³-hybridized carbons (Fsp3) is 0.429. The summed E-state index contributed by atoms with van der Waals surface area (Å²) >= 11 is 0. The van der Waals surface area contributed by atoms with Crippen LogP contribution in [0.2, 0.25) is 0 Å². The zero-order valence-corrected chi connectivity index (χ0v) is 22.2. The van der Waals surface area contributed by atoms with Crippen molar-refractivity contribution in [2.75, 3.05) is 38.4 Å². The first-order valence-corrected chi connectivity index (χ1v) is 12.7. The van der Waals surface area contributed by atoms with Crippen molar-refractivity contribution in [3.8, 4) is 17.2 Å². The van der Waals surface area contributed by atoms with Gasteiger partial charge in [0, 0.05) is 12.7 Å². The maximum absolute atomic E-state index is 15.6. The van der Waals surface area contributed by atoms with Gasteiger partial charge in [-0.25, -0.2) is 9.18 Å². The number of methoxy groups -OCH3 is 2. The average molecular weight is 528 g/mol. The van der Waals surface area contributed by atoms with Gasteiger partial charge >= 0.3 is 5.97 Å². The Morgan fingerprint density at radius 2 is 2.00 bits per heavy atom. The third-order valence-corrected chi connectivity index (χ3v) is 7.37. The van der Waals surface area contributed by atoms with Gasteiger partial charge in [-0.15, -0.1) is 0 Å². The molecule has 0 fully saturated rings. The molecule has 1 unspecified atom stereocenters. The first-order valence-electron chi connectivity index (χ1n) is 12.7. The van der Waals surface area contributed by atoms with Crippen molar-refractivity contribution >= 4 is 28.2 Å². The lowest BCUT2D eigenvalue weighted by molar-refractivity contribution is 0.0691. The Morgan fingerprint density at radius 1 is 1.26 bits per heavy atom. The second-order valence-corrected chi connectivity index (χ2v) is 9.54. The van der Waals surface area contributed by atoms with Crippen LogP contribution >= 0.6 is 0 Å². The molecular formula is C28H34FN3O6. The summed E-state index contributed by atoms with van der Waals surface area (Å²) in [5.74, 6) is -0.763. The number of nitrogens with two attached hydrogens (primary N) is 1. The summed E-state index contributed by atoms with van der Waals surface area (Å²) in [6, 6.07) is 5.68. The maximum Gasteiger partial charge on any atom is 0.341 e. The molecule has 10 heteroatoms. The highest BCUT2D eigenvalue weighted by atomic mass is 19.1. The van der Waals surface area contributed by atoms with E-state index < -0.39 is 28.3 Å². The molecule has 0 radical (unpaired) electrons. The molecule has 3 aromatic rings. The number of hydrogen-bond donors (Lipinski definition) is 3. The second-order valence-electron chi connectivity index (χ2n) is 9.54. The van der Waals surface area contributed by atoms with E-state index in [0.29, 0.717) is 49.2 Å². The van der Waals surface area contributed by atoms with Crippen LogP contribution in [0.15, 0.2) is 29.2 Å². The Balaban J connectivity index is 1.73. The van der Waals surface area contributed by atoms with E-state index in [0.717, 1.165) is 12.0 Å². The molecule has 0 saturated carbocycles. The Hall–Kier alpha value is -3.95. The molecule has 0 spiro atoms. The van der Waals surface area contributed by atoms with Gasteiger partial charge < -0.3 is 34.9 Å². The van der Waals surface area contributed by atoms with E-state index in [1.165, 1.54) is 6.20 Å². The topological polar surface area (TPSA) is 125 Å². The lowest BCUT2D eigenvalue weighted by Crippen LogP contribution is -2.43. The molecule has 2 aromatic carbocycles. The van der Waals surface area contributed by atoms with Gasteiger partial charge in [0.05, 0.1) is 36.3 Å². The van der Waals surface area contributed by atoms with Gasteiger partial charge in [-0.2, -0.15) is 0 Å². The molecule has 204 valence electrons. The fourth-order valence-electron chi connectivity index (χ4n) is 5.30. The number of anilines is 2. The normalized spacial score (nSPS) is 16.2. The number of carboxylic acids is 1. The lowest BCUT2D eigenvalue weighted by atomic mass is 9.88. The number of pyridine rings is 1. The predicted octanol–water partition coefficient (Wildman–Crippen LogP) is 4.78. The number of benzene rings is 2. The van der Waals surface area contributed by atoms with Crippen molar-refractivity contribution in [3.05, 3.63) is 51.6 Å². The van der Waals surface area contributed by atoms with Gasteiger partial charge in [-0.05, 0) is 43.4 Å². The van der Waals surface area contributed by atoms with Crippen molar-refractivity contribution in [2.45, 2.75) is 51.5 Å². The third-order valence-electron chi connectivity index (χ3n) is 7.37. The molecule has 0 saturated heterocycles. The summed E-state index contributed by atoms with van der Waals surface area (Å²) in [6.45, 7) is 4.62. The second kappa shape index (κ2) is 10.8. The summed E-state index contributed by atoms with van der Waals surface area (Å²) in [5.41, 5.74) is 5.33. The number of nitrogens with zero attached hydrogens (tertiary/aromatic N) is 1. The molecule has 4 rings (SSSR count). The van der Waals surface area contributed by atoms with E-state index in [9.17, 15) is 14.7 Å². The third kappa shape index (κ3) is 4.48. The fourth-order valence-corrected chi connectivity index (χ4v) is 5.30. The molecule has 4 N–H and O–H groups in total. The van der Waals surface area contributed by atoms with Crippen LogP contribution in [-0.2, 0) is 12.0 Å². The molecule has 0 amide bonds. The number of carbonyl (C=O) groups is 1. The van der Waals surface area contributed by atoms with E-state index in [1.54, 1.807) is 18.8 Å². The highest BCUT2D eigenvalue weighted by molar-refractivity contribution is 6.03. The number of nitrogens with one attached hydrogen (secondary N) is 1. The summed E-state index contributed by atoms with van der Waals surface area (Å²) in [6.07, 6.45) is 4.83. The van der Waals surface area contributed by atoms with Crippen molar-refractivity contribution < 1.29 is 28.5 Å². The first kappa shape index (κ1) is 27.1. The molecule has 1 aromatic heterocycles. The monoisotopic (exact) mass is 527 g/mol. The van der Waals surface area contributed by atoms with Gasteiger partial charge in [0.15, 0.2) is 23.1 Å². The van der Waals surface area contributed by atoms with Crippen LogP contribution < -0.4 is 30.7 Å². The summed E-state index contributed by atoms with van der Waals surface area (Å²) in [5, 5.41) is 12.7. The van der Waals surface area contributed by atoms with Crippen LogP contribution in [0.3, 0.4) is 0 Å². The highest BCUT2D eigenvalue weighted by Crippen LogP contribution is 2.46. The molecule has 0 bridgehead atoms. The van der Waals surface area contributed by atoms with Crippen LogP contribution in [0.1, 0.15) is 55.5 Å². The molecule has 1 aliphatic heterocycles. The van der Waals surface area contributed by atoms with Crippen LogP contribution in [0, 0.1) is 5.82 Å². The first-order chi connectivity index (χ1) is 18.2. The lowest BCUT2D eigenvalue weighted by Gasteiger charge is -2.41. The number of hydrogen-bond acceptors (Lipinski definition) is 7. The van der Waals surface area contributed by atoms with Crippen LogP contribution in [-0.4, -0.2) is 43.0 Å². The molecule has 1 atom stereocenters. The molecule has 38 heavy (non-hydrogen) atoms. The highest BCUT2D eigenvalue weighted by Gasteiger charge is 2.39. The van der Waals surface area contributed by atoms with E-state index in [2.05, 4.69) is 5.32 Å². The number of carboxylic acid groups (broad SMARTS) is 1. The van der Waals surface area contributed by atoms with Crippen molar-refractivity contribution in [1.82, 2.24) is 4.57 Å². The minimum atomic E-state index is -1.38. The molecule has 9 nitrogen and oxygen atoms in total. The van der Waals surface area contributed by atoms with E-state index >= 15 is 4.39 Å². The number of aryl methyl sites for hydroxylation is 1. The number of aromatic nitrogens is 1. The van der Waals surface area contributed by atoms with Crippen molar-refractivity contribution in [2.24, 2.45) is 0 Å². The van der Waals surface area contributed by atoms with E-state index in [1.807, 2.05) is 32.0 Å². The van der Waals surface area contributed by atoms with Gasteiger partial charge in [0.1, 0.15) is 17.9 Å². The summed E-state index contributed by atoms with van der Waals surface area (Å²) in [7, 11) is 3.16. The smallest absolute Gasteiger partial charge is 0.341 e. The molecule has 1 aliphatic rings. The Morgan fingerprint density at radius 3 is 2.63 bits per heavy atom. The average Bonchev–Trinajstić information content (AvgIpc) is 2.91. The van der Waals surface area contributed by atoms with E-state index in [-0.39, 0.29) is 29.1 Å². The number of halogens is 1. The Kier molecular flexibility index (Phi) is 7.71. The van der Waals surface area contributed by atoms with Gasteiger partial charge in [0.25, 0.3) is 0 Å². The van der Waals surface area contributed by atoms with Gasteiger partial charge in [-0.3, -0.25) is 4.79 Å². The quantitative estimate of drug-likeness (QED) is 0.240. The zero-order chi connectivity index (χ0) is 27.6. The van der Waals surface area contributed by atoms with E-state index in [4.69, 9.17) is 19.9 Å². The molecular weight excluding hydrogens is 493 g/mol. The Labute approximate surface area is 220 Å². The molecule has 2 heterocycles. The number of nitrogen functional groups attached to an aromatic ring is 1. The Bertz CT molecular complexity index is 1440. The largest absolute Gasteiger partial charge is 0.493 e. The zero-order valence-electron chi connectivity index (χ0n) is 22.2. The van der Waals surface area contributed by atoms with Crippen molar-refractivity contribution in [1.29, 1.82) is 0 Å². The van der Waals surface area contributed by atoms with Crippen LogP contribution in [0.5, 0.6) is 17.2 Å². The number of aromatic carboxylic acids is 1. The molecule has 0 aliphatic carbocycles. The standard InChI is InChI=1S/C28H34FN3O6/c1-5-11-28(6-2)15-38-26-23(31-12-7-8-16-9-10-18(36-3)19(13-16)37-4)21(29)22(30)20-24(26)32(28)14-17(25(20)33)27(34)35/h9-10,13-14,31H,5-8,11-12,15,30H2,1-4H3,(H,34,35). The SMILES string of the molecule is CCCC1(CC)COc2c(NCCCc3ccc(OC)c(OC)c3)c(F)c(N)c3c(=O)c(C(=O)O)cn1c23. The minimum absolute atomic E-state index is 0.0692.